The molecule has 3 rings (SSSR count). The summed E-state index contributed by atoms with van der Waals surface area (Å²) in [6, 6.07) is 7.79. The molecule has 0 spiro atoms. The second-order valence-corrected chi connectivity index (χ2v) is 8.74. The van der Waals surface area contributed by atoms with Gasteiger partial charge in [0.2, 0.25) is 0 Å². The molecule has 0 aromatic heterocycles. The van der Waals surface area contributed by atoms with E-state index in [4.69, 9.17) is 9.73 Å². The standard InChI is InChI=1S/C23H37F2N5O/c1-4-26-23(27-14-18-8-7-12-29(15-18)17(2)3)28-19-11-13-30(16-19)20-9-5-6-10-21(20)31-22(24)25/h5-6,9-10,17-19,22H,4,7-8,11-16H2,1-3H3,(H2,26,27,28). The van der Waals surface area contributed by atoms with Crippen molar-refractivity contribution in [3.8, 4) is 5.75 Å². The van der Waals surface area contributed by atoms with Gasteiger partial charge in [-0.15, -0.1) is 0 Å². The average Bonchev–Trinajstić information content (AvgIpc) is 3.20. The number of rotatable bonds is 8. The number of aliphatic imine (C=N–C) groups is 1. The first-order chi connectivity index (χ1) is 15.0. The van der Waals surface area contributed by atoms with E-state index in [2.05, 4.69) is 41.2 Å². The third kappa shape index (κ3) is 6.95. The highest BCUT2D eigenvalue weighted by molar-refractivity contribution is 5.80. The maximum absolute atomic E-state index is 12.7. The van der Waals surface area contributed by atoms with Gasteiger partial charge in [-0.05, 0) is 64.6 Å². The fourth-order valence-corrected chi connectivity index (χ4v) is 4.46. The number of guanidine groups is 1. The molecule has 0 saturated carbocycles. The third-order valence-electron chi connectivity index (χ3n) is 6.08. The molecule has 1 aromatic rings. The summed E-state index contributed by atoms with van der Waals surface area (Å²) in [5.41, 5.74) is 0.713. The molecule has 0 aliphatic carbocycles. The molecule has 1 aromatic carbocycles. The van der Waals surface area contributed by atoms with Crippen molar-refractivity contribution >= 4 is 11.6 Å². The number of likely N-dealkylation sites (tertiary alicyclic amines) is 1. The van der Waals surface area contributed by atoms with Crippen molar-refractivity contribution in [3.05, 3.63) is 24.3 Å². The van der Waals surface area contributed by atoms with Crippen LogP contribution in [0.1, 0.15) is 40.0 Å². The summed E-state index contributed by atoms with van der Waals surface area (Å²) in [5, 5.41) is 6.90. The van der Waals surface area contributed by atoms with Crippen LogP contribution in [0.5, 0.6) is 5.75 Å². The molecule has 2 unspecified atom stereocenters. The molecular formula is C23H37F2N5O. The molecule has 8 heteroatoms. The van der Waals surface area contributed by atoms with E-state index in [9.17, 15) is 8.78 Å². The monoisotopic (exact) mass is 437 g/mol. The summed E-state index contributed by atoms with van der Waals surface area (Å²) >= 11 is 0. The van der Waals surface area contributed by atoms with Gasteiger partial charge in [-0.2, -0.15) is 8.78 Å². The Hall–Kier alpha value is -2.09. The minimum atomic E-state index is -2.82. The van der Waals surface area contributed by atoms with E-state index in [-0.39, 0.29) is 11.8 Å². The van der Waals surface area contributed by atoms with Crippen LogP contribution in [0, 0.1) is 5.92 Å². The number of nitrogens with zero attached hydrogens (tertiary/aromatic N) is 3. The first kappa shape index (κ1) is 23.6. The van der Waals surface area contributed by atoms with Gasteiger partial charge in [0.05, 0.1) is 5.69 Å². The lowest BCUT2D eigenvalue weighted by Gasteiger charge is -2.35. The van der Waals surface area contributed by atoms with Crippen LogP contribution in [0.25, 0.3) is 0 Å². The Bertz CT molecular complexity index is 715. The van der Waals surface area contributed by atoms with Crippen molar-refractivity contribution in [2.45, 2.75) is 58.7 Å². The van der Waals surface area contributed by atoms with Gasteiger partial charge in [0.1, 0.15) is 5.75 Å². The Morgan fingerprint density at radius 3 is 2.74 bits per heavy atom. The predicted octanol–water partition coefficient (Wildman–Crippen LogP) is 3.54. The van der Waals surface area contributed by atoms with Crippen LogP contribution in [0.3, 0.4) is 0 Å². The van der Waals surface area contributed by atoms with Crippen LogP contribution in [0.15, 0.2) is 29.3 Å². The largest absolute Gasteiger partial charge is 0.433 e. The molecule has 31 heavy (non-hydrogen) atoms. The van der Waals surface area contributed by atoms with E-state index in [1.54, 1.807) is 12.1 Å². The van der Waals surface area contributed by atoms with E-state index in [0.717, 1.165) is 45.1 Å². The molecule has 0 radical (unpaired) electrons. The first-order valence-electron chi connectivity index (χ1n) is 11.5. The molecular weight excluding hydrogens is 400 g/mol. The first-order valence-corrected chi connectivity index (χ1v) is 11.5. The second kappa shape index (κ2) is 11.5. The van der Waals surface area contributed by atoms with Crippen LogP contribution >= 0.6 is 0 Å². The number of alkyl halides is 2. The Morgan fingerprint density at radius 2 is 2.00 bits per heavy atom. The van der Waals surface area contributed by atoms with Crippen LogP contribution in [0.4, 0.5) is 14.5 Å². The van der Waals surface area contributed by atoms with E-state index in [1.807, 2.05) is 12.1 Å². The molecule has 0 bridgehead atoms. The Kier molecular flexibility index (Phi) is 8.75. The van der Waals surface area contributed by atoms with Crippen LogP contribution in [-0.4, -0.2) is 68.8 Å². The lowest BCUT2D eigenvalue weighted by atomic mass is 9.97. The SMILES string of the molecule is CCNC(=NCC1CCCN(C(C)C)C1)NC1CCN(c2ccccc2OC(F)F)C1. The third-order valence-corrected chi connectivity index (χ3v) is 6.08. The number of hydrogen-bond donors (Lipinski definition) is 2. The van der Waals surface area contributed by atoms with Crippen molar-refractivity contribution in [1.82, 2.24) is 15.5 Å². The zero-order chi connectivity index (χ0) is 22.2. The number of hydrogen-bond acceptors (Lipinski definition) is 4. The fourth-order valence-electron chi connectivity index (χ4n) is 4.46. The fraction of sp³-hybridized carbons (Fsp3) is 0.696. The van der Waals surface area contributed by atoms with Gasteiger partial charge in [-0.3, -0.25) is 4.99 Å². The Balaban J connectivity index is 1.57. The van der Waals surface area contributed by atoms with E-state index in [1.165, 1.54) is 19.4 Å². The van der Waals surface area contributed by atoms with Gasteiger partial charge in [0.15, 0.2) is 5.96 Å². The summed E-state index contributed by atoms with van der Waals surface area (Å²) in [5.74, 6) is 1.66. The summed E-state index contributed by atoms with van der Waals surface area (Å²) < 4.78 is 30.2. The summed E-state index contributed by atoms with van der Waals surface area (Å²) in [4.78, 5) is 9.51. The molecule has 6 nitrogen and oxygen atoms in total. The molecule has 2 aliphatic heterocycles. The summed E-state index contributed by atoms with van der Waals surface area (Å²) in [6.07, 6.45) is 3.38. The van der Waals surface area contributed by atoms with Gasteiger partial charge in [0.25, 0.3) is 0 Å². The number of nitrogens with one attached hydrogen (secondary N) is 2. The highest BCUT2D eigenvalue weighted by atomic mass is 19.3. The van der Waals surface area contributed by atoms with E-state index >= 15 is 0 Å². The molecule has 2 fully saturated rings. The van der Waals surface area contributed by atoms with Crippen LogP contribution < -0.4 is 20.3 Å². The van der Waals surface area contributed by atoms with Gasteiger partial charge < -0.3 is 25.2 Å². The zero-order valence-electron chi connectivity index (χ0n) is 19.0. The van der Waals surface area contributed by atoms with Gasteiger partial charge in [-0.25, -0.2) is 0 Å². The number of piperidine rings is 1. The van der Waals surface area contributed by atoms with E-state index in [0.29, 0.717) is 17.6 Å². The summed E-state index contributed by atoms with van der Waals surface area (Å²) in [6.45, 7) is 9.18. The number of benzene rings is 1. The molecule has 2 atom stereocenters. The number of anilines is 1. The van der Waals surface area contributed by atoms with Gasteiger partial charge in [0, 0.05) is 44.8 Å². The van der Waals surface area contributed by atoms with Crippen molar-refractivity contribution in [2.75, 3.05) is 44.2 Å². The van der Waals surface area contributed by atoms with E-state index < -0.39 is 6.61 Å². The zero-order valence-corrected chi connectivity index (χ0v) is 19.0. The highest BCUT2D eigenvalue weighted by Gasteiger charge is 2.26. The highest BCUT2D eigenvalue weighted by Crippen LogP contribution is 2.31. The minimum Gasteiger partial charge on any atom is -0.433 e. The van der Waals surface area contributed by atoms with Crippen molar-refractivity contribution in [1.29, 1.82) is 0 Å². The molecule has 2 saturated heterocycles. The Morgan fingerprint density at radius 1 is 1.19 bits per heavy atom. The number of halogens is 2. The molecule has 0 amide bonds. The van der Waals surface area contributed by atoms with Crippen molar-refractivity contribution in [2.24, 2.45) is 10.9 Å². The normalized spacial score (nSPS) is 22.9. The average molecular weight is 438 g/mol. The molecule has 2 heterocycles. The molecule has 2 aliphatic rings. The molecule has 2 N–H and O–H groups in total. The summed E-state index contributed by atoms with van der Waals surface area (Å²) in [7, 11) is 0. The minimum absolute atomic E-state index is 0.205. The maximum Gasteiger partial charge on any atom is 0.387 e. The predicted molar refractivity (Wildman–Crippen MR) is 122 cm³/mol. The second-order valence-electron chi connectivity index (χ2n) is 8.74. The smallest absolute Gasteiger partial charge is 0.387 e. The topological polar surface area (TPSA) is 52.1 Å². The van der Waals surface area contributed by atoms with Crippen LogP contribution in [-0.2, 0) is 0 Å². The number of ether oxygens (including phenoxy) is 1. The molecule has 174 valence electrons. The number of para-hydroxylation sites is 2. The van der Waals surface area contributed by atoms with Gasteiger partial charge in [-0.1, -0.05) is 12.1 Å². The quantitative estimate of drug-likeness (QED) is 0.481. The van der Waals surface area contributed by atoms with Crippen molar-refractivity contribution < 1.29 is 13.5 Å². The Labute approximate surface area is 185 Å². The maximum atomic E-state index is 12.7. The van der Waals surface area contributed by atoms with Crippen molar-refractivity contribution in [3.63, 3.8) is 0 Å². The lowest BCUT2D eigenvalue weighted by molar-refractivity contribution is -0.0495. The van der Waals surface area contributed by atoms with Gasteiger partial charge >= 0.3 is 6.61 Å². The van der Waals surface area contributed by atoms with Crippen LogP contribution in [0.2, 0.25) is 0 Å². The lowest BCUT2D eigenvalue weighted by Crippen LogP contribution is -2.45.